The molecule has 0 radical (unpaired) electrons. The van der Waals surface area contributed by atoms with Gasteiger partial charge in [-0.2, -0.15) is 4.99 Å². The molecule has 0 spiro atoms. The zero-order valence-electron chi connectivity index (χ0n) is 8.53. The van der Waals surface area contributed by atoms with Gasteiger partial charge in [-0.05, 0) is 13.8 Å². The van der Waals surface area contributed by atoms with Crippen LogP contribution in [0.3, 0.4) is 0 Å². The Morgan fingerprint density at radius 3 is 2.87 bits per heavy atom. The van der Waals surface area contributed by atoms with E-state index < -0.39 is 17.2 Å². The molecular weight excluding hydrogens is 198 g/mol. The van der Waals surface area contributed by atoms with Crippen LogP contribution in [0, 0.1) is 0 Å². The van der Waals surface area contributed by atoms with Gasteiger partial charge in [-0.15, -0.1) is 0 Å². The maximum absolute atomic E-state index is 11.6. The first-order chi connectivity index (χ1) is 6.83. The molecule has 0 fully saturated rings. The van der Waals surface area contributed by atoms with Gasteiger partial charge in [0.05, 0.1) is 6.54 Å². The Morgan fingerprint density at radius 1 is 1.53 bits per heavy atom. The maximum Gasteiger partial charge on any atom is 0.282 e. The molecule has 1 unspecified atom stereocenters. The van der Waals surface area contributed by atoms with Crippen molar-refractivity contribution in [3.63, 3.8) is 0 Å². The first-order valence-corrected chi connectivity index (χ1v) is 4.56. The van der Waals surface area contributed by atoms with Crippen molar-refractivity contribution in [1.29, 1.82) is 0 Å². The van der Waals surface area contributed by atoms with Gasteiger partial charge in [-0.3, -0.25) is 20.4 Å². The highest BCUT2D eigenvalue weighted by Crippen LogP contribution is 2.20. The fourth-order valence-electron chi connectivity index (χ4n) is 1.60. The number of hydrogen-bond donors (Lipinski definition) is 4. The summed E-state index contributed by atoms with van der Waals surface area (Å²) in [5, 5.41) is 15.1. The van der Waals surface area contributed by atoms with Crippen molar-refractivity contribution < 1.29 is 9.90 Å². The molecule has 0 aromatic heterocycles. The summed E-state index contributed by atoms with van der Waals surface area (Å²) >= 11 is 0. The zero-order valence-corrected chi connectivity index (χ0v) is 8.53. The number of hydrogen-bond acceptors (Lipinski definition) is 6. The molecule has 2 aliphatic heterocycles. The predicted molar refractivity (Wildman–Crippen MR) is 54.2 cm³/mol. The van der Waals surface area contributed by atoms with Gasteiger partial charge in [0.1, 0.15) is 0 Å². The number of aliphatic imine (C=N–C) groups is 2. The minimum atomic E-state index is -1.87. The van der Waals surface area contributed by atoms with Crippen LogP contribution in [0.25, 0.3) is 0 Å². The van der Waals surface area contributed by atoms with E-state index in [1.54, 1.807) is 0 Å². The number of rotatable bonds is 0. The smallest absolute Gasteiger partial charge is 0.282 e. The van der Waals surface area contributed by atoms with Crippen molar-refractivity contribution in [3.05, 3.63) is 0 Å². The summed E-state index contributed by atoms with van der Waals surface area (Å²) in [5.74, 6) is -0.686. The number of carbonyl (C=O) groups excluding carboxylic acids is 1. The molecule has 1 amide bonds. The molecule has 0 bridgehead atoms. The number of carbonyl (C=O) groups is 1. The molecule has 0 saturated carbocycles. The fourth-order valence-corrected chi connectivity index (χ4v) is 1.60. The third-order valence-electron chi connectivity index (χ3n) is 2.26. The van der Waals surface area contributed by atoms with Crippen molar-refractivity contribution >= 4 is 17.7 Å². The topological polar surface area (TPSA) is 112 Å². The van der Waals surface area contributed by atoms with E-state index >= 15 is 0 Å². The highest BCUT2D eigenvalue weighted by molar-refractivity contribution is 6.21. The Bertz CT molecular complexity index is 386. The Kier molecular flexibility index (Phi) is 1.86. The van der Waals surface area contributed by atoms with Crippen molar-refractivity contribution in [2.75, 3.05) is 6.54 Å². The van der Waals surface area contributed by atoms with E-state index in [0.717, 1.165) is 0 Å². The van der Waals surface area contributed by atoms with E-state index in [4.69, 9.17) is 5.73 Å². The van der Waals surface area contributed by atoms with Gasteiger partial charge in [0.25, 0.3) is 11.6 Å². The quantitative estimate of drug-likeness (QED) is 0.367. The van der Waals surface area contributed by atoms with Gasteiger partial charge in [0, 0.05) is 5.54 Å². The summed E-state index contributed by atoms with van der Waals surface area (Å²) in [6.45, 7) is 4.09. The summed E-state index contributed by atoms with van der Waals surface area (Å²) in [7, 11) is 0. The van der Waals surface area contributed by atoms with E-state index in [1.165, 1.54) is 0 Å². The fraction of sp³-hybridized carbons (Fsp3) is 0.625. The molecule has 0 aromatic rings. The van der Waals surface area contributed by atoms with E-state index in [0.29, 0.717) is 6.54 Å². The number of nitrogens with one attached hydrogen (secondary N) is 2. The second-order valence-electron chi connectivity index (χ2n) is 4.31. The molecular formula is C8H13N5O2. The van der Waals surface area contributed by atoms with Crippen molar-refractivity contribution in [2.24, 2.45) is 15.7 Å². The van der Waals surface area contributed by atoms with Crippen LogP contribution >= 0.6 is 0 Å². The van der Waals surface area contributed by atoms with Crippen molar-refractivity contribution in [3.8, 4) is 0 Å². The lowest BCUT2D eigenvalue weighted by molar-refractivity contribution is -0.137. The first kappa shape index (κ1) is 10.1. The van der Waals surface area contributed by atoms with Gasteiger partial charge in [-0.25, -0.2) is 0 Å². The molecule has 1 atom stereocenters. The van der Waals surface area contributed by atoms with Gasteiger partial charge in [0.15, 0.2) is 5.84 Å². The molecule has 2 heterocycles. The van der Waals surface area contributed by atoms with Crippen LogP contribution in [0.2, 0.25) is 0 Å². The van der Waals surface area contributed by atoms with Crippen LogP contribution in [0.4, 0.5) is 0 Å². The normalized spacial score (nSPS) is 33.7. The molecule has 0 saturated heterocycles. The predicted octanol–water partition coefficient (Wildman–Crippen LogP) is -2.10. The average molecular weight is 211 g/mol. The number of amidine groups is 1. The Morgan fingerprint density at radius 2 is 2.20 bits per heavy atom. The third-order valence-corrected chi connectivity index (χ3v) is 2.26. The summed E-state index contributed by atoms with van der Waals surface area (Å²) in [6.07, 6.45) is 0. The third kappa shape index (κ3) is 1.49. The molecule has 0 aliphatic carbocycles. The van der Waals surface area contributed by atoms with Crippen molar-refractivity contribution in [1.82, 2.24) is 10.6 Å². The number of guanidine groups is 1. The van der Waals surface area contributed by atoms with Crippen LogP contribution < -0.4 is 16.4 Å². The zero-order chi connectivity index (χ0) is 11.3. The minimum absolute atomic E-state index is 0.0167. The number of aliphatic hydroxyl groups is 1. The number of amides is 1. The molecule has 15 heavy (non-hydrogen) atoms. The van der Waals surface area contributed by atoms with E-state index in [1.807, 2.05) is 13.8 Å². The number of nitrogens with zero attached hydrogens (tertiary/aromatic N) is 2. The SMILES string of the molecule is CC1(C)CN=C2N=C(N)NC(=O)C2(O)N1. The number of nitrogens with two attached hydrogens (primary N) is 1. The first-order valence-electron chi connectivity index (χ1n) is 4.56. The van der Waals surface area contributed by atoms with Crippen LogP contribution in [0.5, 0.6) is 0 Å². The van der Waals surface area contributed by atoms with E-state index in [9.17, 15) is 9.90 Å². The molecule has 2 aliphatic rings. The average Bonchev–Trinajstić information content (AvgIpc) is 2.07. The minimum Gasteiger partial charge on any atom is -0.369 e. The molecule has 5 N–H and O–H groups in total. The van der Waals surface area contributed by atoms with E-state index in [-0.39, 0.29) is 11.8 Å². The van der Waals surface area contributed by atoms with Crippen LogP contribution in [-0.2, 0) is 4.79 Å². The molecule has 2 rings (SSSR count). The molecule has 7 nitrogen and oxygen atoms in total. The monoisotopic (exact) mass is 211 g/mol. The van der Waals surface area contributed by atoms with Gasteiger partial charge in [0.2, 0.25) is 5.96 Å². The number of fused-ring (bicyclic) bond motifs is 1. The second kappa shape index (κ2) is 2.77. The van der Waals surface area contributed by atoms with Crippen LogP contribution in [0.1, 0.15) is 13.8 Å². The van der Waals surface area contributed by atoms with Gasteiger partial charge < -0.3 is 10.8 Å². The maximum atomic E-state index is 11.6. The van der Waals surface area contributed by atoms with E-state index in [2.05, 4.69) is 20.6 Å². The Labute approximate surface area is 86.5 Å². The Balaban J connectivity index is 2.48. The largest absolute Gasteiger partial charge is 0.369 e. The second-order valence-corrected chi connectivity index (χ2v) is 4.31. The summed E-state index contributed by atoms with van der Waals surface area (Å²) in [4.78, 5) is 19.4. The highest BCUT2D eigenvalue weighted by atomic mass is 16.3. The van der Waals surface area contributed by atoms with Gasteiger partial charge in [-0.1, -0.05) is 0 Å². The molecule has 7 heteroatoms. The standard InChI is InChI=1S/C8H13N5O2/c1-7(2)3-10-4-8(15,13-7)5(14)12-6(9)11-4/h13,15H,3H2,1-2H3,(H3,9,10,11,12,14). The van der Waals surface area contributed by atoms with Crippen molar-refractivity contribution in [2.45, 2.75) is 25.1 Å². The van der Waals surface area contributed by atoms with Crippen LogP contribution in [0.15, 0.2) is 9.98 Å². The summed E-state index contributed by atoms with van der Waals surface area (Å²) < 4.78 is 0. The lowest BCUT2D eigenvalue weighted by atomic mass is 9.97. The van der Waals surface area contributed by atoms with Crippen LogP contribution in [-0.4, -0.2) is 40.6 Å². The summed E-state index contributed by atoms with van der Waals surface area (Å²) in [5.41, 5.74) is 3.03. The Hall–Kier alpha value is -1.47. The summed E-state index contributed by atoms with van der Waals surface area (Å²) in [6, 6.07) is 0. The highest BCUT2D eigenvalue weighted by Gasteiger charge is 2.50. The lowest BCUT2D eigenvalue weighted by Crippen LogP contribution is -2.73. The van der Waals surface area contributed by atoms with Gasteiger partial charge >= 0.3 is 0 Å². The lowest BCUT2D eigenvalue weighted by Gasteiger charge is -2.40. The molecule has 0 aromatic carbocycles. The molecule has 82 valence electrons.